The maximum atomic E-state index is 13.4. The van der Waals surface area contributed by atoms with Crippen molar-refractivity contribution in [3.05, 3.63) is 40.4 Å². The molecular weight excluding hydrogens is 360 g/mol. The number of hydrogen-bond donors (Lipinski definition) is 2. The molecule has 27 heavy (non-hydrogen) atoms. The van der Waals surface area contributed by atoms with E-state index in [2.05, 4.69) is 20.9 Å². The van der Waals surface area contributed by atoms with Crippen molar-refractivity contribution < 1.29 is 9.90 Å². The predicted octanol–water partition coefficient (Wildman–Crippen LogP) is 2.44. The summed E-state index contributed by atoms with van der Waals surface area (Å²) in [7, 11) is 0. The zero-order valence-electron chi connectivity index (χ0n) is 15.3. The molecule has 3 atom stereocenters. The highest BCUT2D eigenvalue weighted by molar-refractivity contribution is 7.17. The smallest absolute Gasteiger partial charge is 0.266 e. The summed E-state index contributed by atoms with van der Waals surface area (Å²) in [6.45, 7) is 4.75. The van der Waals surface area contributed by atoms with Crippen LogP contribution in [0.4, 0.5) is 5.13 Å². The summed E-state index contributed by atoms with van der Waals surface area (Å²) >= 11 is 1.29. The minimum atomic E-state index is 0.0631. The third-order valence-corrected chi connectivity index (χ3v) is 7.54. The Hall–Kier alpha value is -2.12. The van der Waals surface area contributed by atoms with E-state index in [1.807, 2.05) is 19.1 Å². The van der Waals surface area contributed by atoms with Crippen molar-refractivity contribution >= 4 is 22.4 Å². The van der Waals surface area contributed by atoms with Crippen LogP contribution < -0.4 is 5.73 Å². The first-order valence-electron chi connectivity index (χ1n) is 9.60. The van der Waals surface area contributed by atoms with E-state index in [4.69, 9.17) is 5.73 Å². The first-order valence-corrected chi connectivity index (χ1v) is 10.4. The molecule has 3 N–H and O–H groups in total. The van der Waals surface area contributed by atoms with Crippen molar-refractivity contribution in [3.8, 4) is 5.75 Å². The number of phenols is 1. The Kier molecular flexibility index (Phi) is 3.91. The minimum absolute atomic E-state index is 0.0631. The lowest BCUT2D eigenvalue weighted by Gasteiger charge is -2.51. The van der Waals surface area contributed by atoms with Gasteiger partial charge in [0.15, 0.2) is 5.13 Å². The number of fused-ring (bicyclic) bond motifs is 2. The van der Waals surface area contributed by atoms with Gasteiger partial charge < -0.3 is 15.7 Å². The standard InChI is InChI=1S/C20H24N4O2S/c1-11-18(27-20(21)22-11)19(26)24-10-15(13-3-2-4-14(25)9-13)17-16(24)12-5-7-23(17)8-6-12/h2-4,9,12,15-17,25H,5-8,10H2,1H3,(H2,21,22)/t15-,16+,17+/m0/s1. The van der Waals surface area contributed by atoms with Crippen LogP contribution in [-0.2, 0) is 0 Å². The lowest BCUT2D eigenvalue weighted by Crippen LogP contribution is -2.60. The van der Waals surface area contributed by atoms with Crippen molar-refractivity contribution in [2.45, 2.75) is 37.8 Å². The van der Waals surface area contributed by atoms with Crippen molar-refractivity contribution in [1.82, 2.24) is 14.8 Å². The van der Waals surface area contributed by atoms with Crippen LogP contribution in [0.15, 0.2) is 24.3 Å². The number of aryl methyl sites for hydroxylation is 1. The van der Waals surface area contributed by atoms with Crippen LogP contribution in [-0.4, -0.2) is 57.5 Å². The first kappa shape index (κ1) is 17.0. The molecule has 5 heterocycles. The van der Waals surface area contributed by atoms with E-state index in [0.717, 1.165) is 37.2 Å². The van der Waals surface area contributed by atoms with Crippen LogP contribution in [0.3, 0.4) is 0 Å². The highest BCUT2D eigenvalue weighted by Gasteiger charge is 2.55. The number of amides is 1. The third-order valence-electron chi connectivity index (χ3n) is 6.56. The van der Waals surface area contributed by atoms with E-state index in [-0.39, 0.29) is 23.6 Å². The molecule has 1 aromatic heterocycles. The molecule has 2 aromatic rings. The Morgan fingerprint density at radius 3 is 2.74 bits per heavy atom. The van der Waals surface area contributed by atoms with Gasteiger partial charge in [-0.3, -0.25) is 9.69 Å². The van der Waals surface area contributed by atoms with Gasteiger partial charge in [0.25, 0.3) is 5.91 Å². The zero-order chi connectivity index (χ0) is 18.7. The summed E-state index contributed by atoms with van der Waals surface area (Å²) in [4.78, 5) is 23.0. The number of thiazole rings is 1. The molecule has 0 saturated carbocycles. The highest BCUT2D eigenvalue weighted by atomic mass is 32.1. The van der Waals surface area contributed by atoms with Crippen LogP contribution >= 0.6 is 11.3 Å². The Morgan fingerprint density at radius 1 is 1.30 bits per heavy atom. The quantitative estimate of drug-likeness (QED) is 0.831. The Balaban J connectivity index is 1.54. The number of likely N-dealkylation sites (tertiary alicyclic amines) is 1. The molecule has 6 rings (SSSR count). The molecule has 4 aliphatic rings. The summed E-state index contributed by atoms with van der Waals surface area (Å²) in [5, 5.41) is 10.4. The maximum Gasteiger partial charge on any atom is 0.266 e. The number of carbonyl (C=O) groups is 1. The molecule has 1 aromatic carbocycles. The van der Waals surface area contributed by atoms with Crippen molar-refractivity contribution in [2.24, 2.45) is 5.92 Å². The van der Waals surface area contributed by atoms with Crippen molar-refractivity contribution in [3.63, 3.8) is 0 Å². The average Bonchev–Trinajstić information content (AvgIpc) is 3.24. The van der Waals surface area contributed by atoms with Gasteiger partial charge in [-0.25, -0.2) is 4.98 Å². The van der Waals surface area contributed by atoms with Crippen LogP contribution in [0.5, 0.6) is 5.75 Å². The average molecular weight is 385 g/mol. The van der Waals surface area contributed by atoms with Crippen LogP contribution in [0.2, 0.25) is 0 Å². The van der Waals surface area contributed by atoms with Gasteiger partial charge in [0.1, 0.15) is 10.6 Å². The Labute approximate surface area is 162 Å². The number of phenolic OH excluding ortho intramolecular Hbond substituents is 1. The SMILES string of the molecule is Cc1nc(N)sc1C(=O)N1C[C@@H](c2cccc(O)c2)[C@@H]2[C@H]1C1CCN2CC1. The Bertz CT molecular complexity index is 890. The third kappa shape index (κ3) is 2.63. The van der Waals surface area contributed by atoms with E-state index < -0.39 is 0 Å². The van der Waals surface area contributed by atoms with Gasteiger partial charge in [-0.05, 0) is 56.5 Å². The van der Waals surface area contributed by atoms with E-state index in [9.17, 15) is 9.90 Å². The number of benzene rings is 1. The molecule has 0 spiro atoms. The number of aromatic hydroxyl groups is 1. The number of carbonyl (C=O) groups excluding carboxylic acids is 1. The van der Waals surface area contributed by atoms with E-state index in [1.165, 1.54) is 11.3 Å². The Morgan fingerprint density at radius 2 is 2.07 bits per heavy atom. The first-order chi connectivity index (χ1) is 13.0. The highest BCUT2D eigenvalue weighted by Crippen LogP contribution is 2.47. The lowest BCUT2D eigenvalue weighted by molar-refractivity contribution is -0.00329. The van der Waals surface area contributed by atoms with Gasteiger partial charge in [0.2, 0.25) is 0 Å². The van der Waals surface area contributed by atoms with Gasteiger partial charge in [0, 0.05) is 18.5 Å². The number of rotatable bonds is 2. The molecule has 0 radical (unpaired) electrons. The fourth-order valence-corrected chi connectivity index (χ4v) is 6.24. The summed E-state index contributed by atoms with van der Waals surface area (Å²) < 4.78 is 0. The van der Waals surface area contributed by atoms with Gasteiger partial charge in [-0.2, -0.15) is 0 Å². The molecule has 0 unspecified atom stereocenters. The van der Waals surface area contributed by atoms with Crippen LogP contribution in [0, 0.1) is 12.8 Å². The molecule has 6 nitrogen and oxygen atoms in total. The van der Waals surface area contributed by atoms with Gasteiger partial charge in [-0.1, -0.05) is 23.5 Å². The number of nitrogen functional groups attached to an aromatic ring is 1. The maximum absolute atomic E-state index is 13.4. The van der Waals surface area contributed by atoms with Crippen LogP contribution in [0.1, 0.15) is 39.7 Å². The molecule has 0 aliphatic carbocycles. The molecule has 4 fully saturated rings. The van der Waals surface area contributed by atoms with E-state index >= 15 is 0 Å². The van der Waals surface area contributed by atoms with Crippen LogP contribution in [0.25, 0.3) is 0 Å². The van der Waals surface area contributed by atoms with Gasteiger partial charge in [0.05, 0.1) is 11.7 Å². The van der Waals surface area contributed by atoms with Crippen molar-refractivity contribution in [2.75, 3.05) is 25.4 Å². The molecule has 4 aliphatic heterocycles. The molecule has 7 heteroatoms. The summed E-state index contributed by atoms with van der Waals surface area (Å²) in [6, 6.07) is 8.09. The van der Waals surface area contributed by atoms with Crippen molar-refractivity contribution in [1.29, 1.82) is 0 Å². The minimum Gasteiger partial charge on any atom is -0.508 e. The predicted molar refractivity (Wildman–Crippen MR) is 105 cm³/mol. The van der Waals surface area contributed by atoms with E-state index in [1.54, 1.807) is 6.07 Å². The van der Waals surface area contributed by atoms with Gasteiger partial charge >= 0.3 is 0 Å². The molecule has 4 saturated heterocycles. The number of hydrogen-bond acceptors (Lipinski definition) is 6. The molecule has 1 amide bonds. The second-order valence-electron chi connectivity index (χ2n) is 7.98. The summed E-state index contributed by atoms with van der Waals surface area (Å²) in [6.07, 6.45) is 2.31. The zero-order valence-corrected chi connectivity index (χ0v) is 16.2. The number of aromatic nitrogens is 1. The molecule has 2 bridgehead atoms. The van der Waals surface area contributed by atoms with Gasteiger partial charge in [-0.15, -0.1) is 0 Å². The fourth-order valence-electron chi connectivity index (χ4n) is 5.45. The molecular formula is C20H24N4O2S. The number of nitrogens with zero attached hydrogens (tertiary/aromatic N) is 3. The number of piperidine rings is 3. The fraction of sp³-hybridized carbons (Fsp3) is 0.500. The normalized spacial score (nSPS) is 31.9. The number of anilines is 1. The second kappa shape index (κ2) is 6.21. The second-order valence-corrected chi connectivity index (χ2v) is 9.01. The number of nitrogens with two attached hydrogens (primary N) is 1. The summed E-state index contributed by atoms with van der Waals surface area (Å²) in [5.41, 5.74) is 7.69. The molecule has 142 valence electrons. The largest absolute Gasteiger partial charge is 0.508 e. The van der Waals surface area contributed by atoms with E-state index in [0.29, 0.717) is 28.5 Å². The topological polar surface area (TPSA) is 82.7 Å². The monoisotopic (exact) mass is 384 g/mol. The summed E-state index contributed by atoms with van der Waals surface area (Å²) in [5.74, 6) is 1.13. The lowest BCUT2D eigenvalue weighted by atomic mass is 9.75.